The molecule has 24 heavy (non-hydrogen) atoms. The van der Waals surface area contributed by atoms with Gasteiger partial charge in [-0.15, -0.1) is 0 Å². The summed E-state index contributed by atoms with van der Waals surface area (Å²) in [5, 5.41) is 0.778. The van der Waals surface area contributed by atoms with Gasteiger partial charge in [-0.25, -0.2) is 0 Å². The Labute approximate surface area is 151 Å². The number of allylic oxidation sites excluding steroid dienone is 1. The van der Waals surface area contributed by atoms with Crippen molar-refractivity contribution in [2.45, 2.75) is 83.0 Å². The van der Waals surface area contributed by atoms with Crippen molar-refractivity contribution in [1.82, 2.24) is 0 Å². The second-order valence-electron chi connectivity index (χ2n) is 8.93. The number of carbonyl (C=O) groups excluding carboxylic acids is 1. The Balaban J connectivity index is 1.49. The molecule has 0 spiro atoms. The molecule has 4 aliphatic rings. The molecule has 1 heterocycles. The number of ether oxygens (including phenoxy) is 1. The van der Waals surface area contributed by atoms with Gasteiger partial charge in [-0.1, -0.05) is 51.2 Å². The van der Waals surface area contributed by atoms with Gasteiger partial charge in [-0.05, 0) is 43.4 Å². The van der Waals surface area contributed by atoms with E-state index >= 15 is 0 Å². The average molecular weight is 349 g/mol. The number of thioether (sulfide) groups is 1. The molecule has 0 bridgehead atoms. The van der Waals surface area contributed by atoms with Crippen LogP contribution in [-0.4, -0.2) is 23.1 Å². The van der Waals surface area contributed by atoms with Gasteiger partial charge in [0.15, 0.2) is 0 Å². The minimum Gasteiger partial charge on any atom is -0.461 e. The molecule has 0 amide bonds. The maximum atomic E-state index is 12.5. The molecule has 1 aliphatic heterocycles. The van der Waals surface area contributed by atoms with Crippen molar-refractivity contribution in [3.05, 3.63) is 11.6 Å². The molecule has 2 saturated carbocycles. The van der Waals surface area contributed by atoms with Crippen LogP contribution in [0.5, 0.6) is 0 Å². The third-order valence-corrected chi connectivity index (χ3v) is 8.64. The molecular formula is C21H32O2S. The normalized spacial score (nSPS) is 42.9. The summed E-state index contributed by atoms with van der Waals surface area (Å²) in [6.07, 6.45) is 14.4. The molecule has 4 rings (SSSR count). The van der Waals surface area contributed by atoms with Crippen molar-refractivity contribution in [3.8, 4) is 0 Å². The minimum atomic E-state index is 0.0834. The summed E-state index contributed by atoms with van der Waals surface area (Å²) in [4.78, 5) is 12.5. The fourth-order valence-electron chi connectivity index (χ4n) is 5.71. The number of hydrogen-bond acceptors (Lipinski definition) is 3. The van der Waals surface area contributed by atoms with Gasteiger partial charge in [0.1, 0.15) is 6.10 Å². The Hall–Kier alpha value is -0.440. The largest absolute Gasteiger partial charge is 0.461 e. The van der Waals surface area contributed by atoms with Crippen molar-refractivity contribution in [2.24, 2.45) is 23.2 Å². The summed E-state index contributed by atoms with van der Waals surface area (Å²) in [6, 6.07) is 0. The van der Waals surface area contributed by atoms with Crippen LogP contribution in [0.3, 0.4) is 0 Å². The molecule has 0 aromatic rings. The van der Waals surface area contributed by atoms with Gasteiger partial charge in [0, 0.05) is 16.9 Å². The first-order valence-electron chi connectivity index (χ1n) is 10.1. The summed E-state index contributed by atoms with van der Waals surface area (Å²) < 4.78 is 5.87. The number of esters is 1. The van der Waals surface area contributed by atoms with Gasteiger partial charge in [-0.2, -0.15) is 11.8 Å². The summed E-state index contributed by atoms with van der Waals surface area (Å²) in [6.45, 7) is 4.79. The summed E-state index contributed by atoms with van der Waals surface area (Å²) in [5.41, 5.74) is 1.92. The molecule has 0 radical (unpaired) electrons. The van der Waals surface area contributed by atoms with Crippen LogP contribution < -0.4 is 0 Å². The minimum absolute atomic E-state index is 0.0834. The summed E-state index contributed by atoms with van der Waals surface area (Å²) >= 11 is 2.05. The van der Waals surface area contributed by atoms with E-state index in [1.165, 1.54) is 51.4 Å². The van der Waals surface area contributed by atoms with E-state index in [0.29, 0.717) is 11.8 Å². The fraction of sp³-hybridized carbons (Fsp3) is 0.857. The molecule has 134 valence electrons. The number of carbonyl (C=O) groups is 1. The quantitative estimate of drug-likeness (QED) is 0.507. The third kappa shape index (κ3) is 3.06. The summed E-state index contributed by atoms with van der Waals surface area (Å²) in [7, 11) is 0. The number of fused-ring (bicyclic) bond motifs is 2. The molecule has 2 nitrogen and oxygen atoms in total. The van der Waals surface area contributed by atoms with Crippen molar-refractivity contribution in [1.29, 1.82) is 0 Å². The first-order chi connectivity index (χ1) is 11.6. The average Bonchev–Trinajstić information content (AvgIpc) is 2.86. The molecule has 3 fully saturated rings. The Bertz CT molecular complexity index is 522. The maximum absolute atomic E-state index is 12.5. The smallest absolute Gasteiger partial charge is 0.310 e. The molecule has 1 saturated heterocycles. The van der Waals surface area contributed by atoms with Gasteiger partial charge < -0.3 is 4.74 Å². The van der Waals surface area contributed by atoms with E-state index in [9.17, 15) is 4.79 Å². The lowest BCUT2D eigenvalue weighted by atomic mass is 9.59. The van der Waals surface area contributed by atoms with Crippen LogP contribution in [0, 0.1) is 23.2 Å². The zero-order valence-electron chi connectivity index (χ0n) is 15.3. The van der Waals surface area contributed by atoms with Gasteiger partial charge in [0.2, 0.25) is 0 Å². The molecule has 3 heteroatoms. The second-order valence-corrected chi connectivity index (χ2v) is 10.3. The van der Waals surface area contributed by atoms with Gasteiger partial charge in [0.05, 0.1) is 5.92 Å². The third-order valence-electron chi connectivity index (χ3n) is 7.15. The lowest BCUT2D eigenvalue weighted by Crippen LogP contribution is -2.39. The fourth-order valence-corrected chi connectivity index (χ4v) is 7.22. The Morgan fingerprint density at radius 1 is 1.21 bits per heavy atom. The lowest BCUT2D eigenvalue weighted by Gasteiger charge is -2.46. The van der Waals surface area contributed by atoms with Crippen molar-refractivity contribution >= 4 is 17.7 Å². The van der Waals surface area contributed by atoms with Gasteiger partial charge >= 0.3 is 5.97 Å². The highest BCUT2D eigenvalue weighted by Gasteiger charge is 2.51. The molecule has 0 N–H and O–H groups in total. The Morgan fingerprint density at radius 3 is 2.79 bits per heavy atom. The second kappa shape index (κ2) is 6.70. The van der Waals surface area contributed by atoms with E-state index in [1.54, 1.807) is 5.57 Å². The first kappa shape index (κ1) is 17.0. The number of hydrogen-bond donors (Lipinski definition) is 0. The predicted octanol–water partition coefficient (Wildman–Crippen LogP) is 5.37. The summed E-state index contributed by atoms with van der Waals surface area (Å²) in [5.74, 6) is 2.19. The first-order valence-corrected chi connectivity index (χ1v) is 11.2. The topological polar surface area (TPSA) is 26.3 Å². The monoisotopic (exact) mass is 348 g/mol. The van der Waals surface area contributed by atoms with Crippen molar-refractivity contribution in [2.75, 3.05) is 5.75 Å². The van der Waals surface area contributed by atoms with E-state index < -0.39 is 0 Å². The van der Waals surface area contributed by atoms with Crippen LogP contribution in [0.2, 0.25) is 0 Å². The molecule has 3 aliphatic carbocycles. The Kier molecular flexibility index (Phi) is 4.75. The predicted molar refractivity (Wildman–Crippen MR) is 100 cm³/mol. The van der Waals surface area contributed by atoms with Crippen LogP contribution in [0.4, 0.5) is 0 Å². The van der Waals surface area contributed by atoms with Crippen LogP contribution in [0.1, 0.15) is 71.6 Å². The van der Waals surface area contributed by atoms with E-state index in [4.69, 9.17) is 4.74 Å². The van der Waals surface area contributed by atoms with Gasteiger partial charge in [0.25, 0.3) is 0 Å². The van der Waals surface area contributed by atoms with E-state index in [-0.39, 0.29) is 23.4 Å². The van der Waals surface area contributed by atoms with Crippen molar-refractivity contribution in [3.63, 3.8) is 0 Å². The van der Waals surface area contributed by atoms with Crippen LogP contribution >= 0.6 is 11.8 Å². The zero-order chi connectivity index (χ0) is 16.7. The molecule has 0 aromatic carbocycles. The zero-order valence-corrected chi connectivity index (χ0v) is 16.1. The maximum Gasteiger partial charge on any atom is 0.310 e. The van der Waals surface area contributed by atoms with Crippen LogP contribution in [0.15, 0.2) is 11.6 Å². The van der Waals surface area contributed by atoms with Crippen LogP contribution in [0.25, 0.3) is 0 Å². The van der Waals surface area contributed by atoms with Crippen LogP contribution in [-0.2, 0) is 9.53 Å². The van der Waals surface area contributed by atoms with E-state index in [0.717, 1.165) is 17.4 Å². The highest BCUT2D eigenvalue weighted by molar-refractivity contribution is 7.99. The SMILES string of the molecule is CC1CCCC2(C)CC3OC(=O)C(CSC4CCCCC4)C3C=C12. The molecule has 0 aromatic heterocycles. The van der Waals surface area contributed by atoms with E-state index in [1.807, 2.05) is 0 Å². The highest BCUT2D eigenvalue weighted by atomic mass is 32.2. The molecule has 5 atom stereocenters. The van der Waals surface area contributed by atoms with Crippen molar-refractivity contribution < 1.29 is 9.53 Å². The molecular weight excluding hydrogens is 316 g/mol. The lowest BCUT2D eigenvalue weighted by molar-refractivity contribution is -0.144. The molecule has 5 unspecified atom stereocenters. The number of rotatable bonds is 3. The van der Waals surface area contributed by atoms with Gasteiger partial charge in [-0.3, -0.25) is 4.79 Å². The highest BCUT2D eigenvalue weighted by Crippen LogP contribution is 2.54. The standard InChI is InChI=1S/C21H32O2S/c1-14-7-6-10-21(2)12-19-16(11-18(14)21)17(20(22)23-19)13-24-15-8-4-3-5-9-15/h11,14-17,19H,3-10,12-13H2,1-2H3. The Morgan fingerprint density at radius 2 is 2.00 bits per heavy atom. The van der Waals surface area contributed by atoms with E-state index in [2.05, 4.69) is 31.7 Å².